The average Bonchev–Trinajstić information content (AvgIpc) is 3.53. The summed E-state index contributed by atoms with van der Waals surface area (Å²) in [6.45, 7) is 1.55. The maximum Gasteiger partial charge on any atom is 0.268 e. The highest BCUT2D eigenvalue weighted by Crippen LogP contribution is 2.32. The normalized spacial score (nSPS) is 21.6. The Balaban J connectivity index is 1.44. The molecule has 1 aliphatic heterocycles. The number of benzene rings is 3. The summed E-state index contributed by atoms with van der Waals surface area (Å²) < 4.78 is 2.07. The lowest BCUT2D eigenvalue weighted by atomic mass is 10.0. The number of nitrogens with two attached hydrogens (primary N) is 1. The van der Waals surface area contributed by atoms with Crippen LogP contribution in [0.3, 0.4) is 0 Å². The van der Waals surface area contributed by atoms with Crippen LogP contribution in [-0.2, 0) is 6.54 Å². The molecule has 1 amide bonds. The van der Waals surface area contributed by atoms with Crippen LogP contribution in [0.1, 0.15) is 34.5 Å². The highest BCUT2D eigenvalue weighted by Gasteiger charge is 2.40. The minimum atomic E-state index is -0.0339. The van der Waals surface area contributed by atoms with Gasteiger partial charge in [0, 0.05) is 41.6 Å². The van der Waals surface area contributed by atoms with Crippen molar-refractivity contribution in [3.05, 3.63) is 83.6 Å². The van der Waals surface area contributed by atoms with Gasteiger partial charge in [-0.25, -0.2) is 0 Å². The molecule has 6 heteroatoms. The summed E-state index contributed by atoms with van der Waals surface area (Å²) in [6, 6.07) is 23.0. The van der Waals surface area contributed by atoms with Crippen LogP contribution in [0.2, 0.25) is 0 Å². The summed E-state index contributed by atoms with van der Waals surface area (Å²) in [5, 5.41) is 18.0. The van der Waals surface area contributed by atoms with Crippen molar-refractivity contribution in [2.45, 2.75) is 31.5 Å². The van der Waals surface area contributed by atoms with Crippen molar-refractivity contribution < 1.29 is 4.79 Å². The fourth-order valence-electron chi connectivity index (χ4n) is 5.64. The second kappa shape index (κ2) is 7.74. The molecule has 5 N–H and O–H groups in total. The van der Waals surface area contributed by atoms with Crippen molar-refractivity contribution in [1.82, 2.24) is 15.2 Å². The van der Waals surface area contributed by atoms with E-state index in [2.05, 4.69) is 45.5 Å². The van der Waals surface area contributed by atoms with E-state index in [1.54, 1.807) is 0 Å². The molecule has 6 nitrogen and oxygen atoms in total. The minimum Gasteiger partial charge on any atom is -0.384 e. The van der Waals surface area contributed by atoms with Gasteiger partial charge in [0.2, 0.25) is 0 Å². The number of carbonyl (C=O) groups excluding carboxylic acids is 1. The molecular formula is C27H27N5O. The number of nitrogen functional groups attached to an aromatic ring is 1. The molecule has 1 saturated heterocycles. The molecule has 6 rings (SSSR count). The number of nitrogens with one attached hydrogen (secondary N) is 3. The largest absolute Gasteiger partial charge is 0.384 e. The molecule has 0 spiro atoms. The molecule has 2 aliphatic rings. The molecule has 2 bridgehead atoms. The number of carbonyl (C=O) groups is 1. The molecule has 1 saturated carbocycles. The van der Waals surface area contributed by atoms with E-state index in [9.17, 15) is 4.79 Å². The zero-order valence-corrected chi connectivity index (χ0v) is 18.3. The smallest absolute Gasteiger partial charge is 0.268 e. The molecule has 0 radical (unpaired) electrons. The zero-order chi connectivity index (χ0) is 22.5. The molecular weight excluding hydrogens is 410 g/mol. The third kappa shape index (κ3) is 3.47. The van der Waals surface area contributed by atoms with Crippen molar-refractivity contribution in [3.8, 4) is 0 Å². The van der Waals surface area contributed by atoms with Gasteiger partial charge >= 0.3 is 0 Å². The van der Waals surface area contributed by atoms with E-state index in [0.717, 1.165) is 35.9 Å². The first kappa shape index (κ1) is 20.0. The van der Waals surface area contributed by atoms with Crippen molar-refractivity contribution in [2.75, 3.05) is 6.54 Å². The average molecular weight is 438 g/mol. The van der Waals surface area contributed by atoms with Gasteiger partial charge in [0.05, 0.1) is 0 Å². The first-order chi connectivity index (χ1) is 16.1. The Morgan fingerprint density at radius 3 is 2.70 bits per heavy atom. The van der Waals surface area contributed by atoms with Crippen LogP contribution in [-0.4, -0.2) is 34.9 Å². The SMILES string of the molecule is N=C(N)c1ccc2cc(C(=O)NC3CC4CC3CN4)n(Cc3cccc4ccccc34)c2c1. The Labute approximate surface area is 192 Å². The Kier molecular flexibility index (Phi) is 4.69. The number of amidine groups is 1. The second-order valence-electron chi connectivity index (χ2n) is 9.36. The van der Waals surface area contributed by atoms with Crippen LogP contribution in [0.4, 0.5) is 0 Å². The number of hydrogen-bond acceptors (Lipinski definition) is 3. The Morgan fingerprint density at radius 1 is 1.06 bits per heavy atom. The lowest BCUT2D eigenvalue weighted by molar-refractivity contribution is 0.0916. The van der Waals surface area contributed by atoms with E-state index < -0.39 is 0 Å². The molecule has 2 fully saturated rings. The van der Waals surface area contributed by atoms with Crippen molar-refractivity contribution in [2.24, 2.45) is 11.7 Å². The van der Waals surface area contributed by atoms with Gasteiger partial charge in [-0.1, -0.05) is 54.6 Å². The van der Waals surface area contributed by atoms with E-state index in [1.165, 1.54) is 10.8 Å². The topological polar surface area (TPSA) is 95.9 Å². The predicted octanol–water partition coefficient (Wildman–Crippen LogP) is 3.61. The fraction of sp³-hybridized carbons (Fsp3) is 0.259. The minimum absolute atomic E-state index is 0.0234. The lowest BCUT2D eigenvalue weighted by Gasteiger charge is -2.24. The van der Waals surface area contributed by atoms with Gasteiger partial charge in [0.15, 0.2) is 0 Å². The lowest BCUT2D eigenvalue weighted by Crippen LogP contribution is -2.44. The Hall–Kier alpha value is -3.64. The summed E-state index contributed by atoms with van der Waals surface area (Å²) in [6.07, 6.45) is 2.14. The first-order valence-electron chi connectivity index (χ1n) is 11.6. The summed E-state index contributed by atoms with van der Waals surface area (Å²) in [5.41, 5.74) is 9.15. The highest BCUT2D eigenvalue weighted by molar-refractivity contribution is 6.02. The van der Waals surface area contributed by atoms with Crippen LogP contribution < -0.4 is 16.4 Å². The molecule has 3 atom stereocenters. The van der Waals surface area contributed by atoms with Gasteiger partial charge in [-0.05, 0) is 47.2 Å². The quantitative estimate of drug-likeness (QED) is 0.284. The number of aromatic nitrogens is 1. The third-order valence-corrected chi connectivity index (χ3v) is 7.34. The number of piperidine rings is 1. The van der Waals surface area contributed by atoms with Crippen LogP contribution in [0, 0.1) is 11.3 Å². The van der Waals surface area contributed by atoms with E-state index in [1.807, 2.05) is 36.4 Å². The predicted molar refractivity (Wildman–Crippen MR) is 132 cm³/mol. The maximum absolute atomic E-state index is 13.5. The molecule has 1 aromatic heterocycles. The molecule has 4 aromatic rings. The van der Waals surface area contributed by atoms with E-state index in [4.69, 9.17) is 11.1 Å². The van der Waals surface area contributed by atoms with Crippen LogP contribution in [0.15, 0.2) is 66.7 Å². The number of fused-ring (bicyclic) bond motifs is 4. The number of nitrogens with zero attached hydrogens (tertiary/aromatic N) is 1. The molecule has 33 heavy (non-hydrogen) atoms. The van der Waals surface area contributed by atoms with Crippen molar-refractivity contribution in [1.29, 1.82) is 5.41 Å². The molecule has 2 heterocycles. The van der Waals surface area contributed by atoms with E-state index in [0.29, 0.717) is 29.8 Å². The highest BCUT2D eigenvalue weighted by atomic mass is 16.2. The maximum atomic E-state index is 13.5. The fourth-order valence-corrected chi connectivity index (χ4v) is 5.64. The van der Waals surface area contributed by atoms with Gasteiger partial charge in [0.1, 0.15) is 11.5 Å². The molecule has 3 unspecified atom stereocenters. The number of rotatable bonds is 5. The van der Waals surface area contributed by atoms with Gasteiger partial charge < -0.3 is 20.9 Å². The summed E-state index contributed by atoms with van der Waals surface area (Å²) >= 11 is 0. The van der Waals surface area contributed by atoms with Crippen molar-refractivity contribution >= 4 is 33.4 Å². The zero-order valence-electron chi connectivity index (χ0n) is 18.3. The standard InChI is InChI=1S/C27H27N5O/c28-26(29)18-9-8-17-11-25(27(33)31-23-13-21-10-20(23)14-30-21)32(24(17)12-18)15-19-6-3-5-16-4-1-2-7-22(16)19/h1-9,11-12,20-21,23,30H,10,13-15H2,(H3,28,29)(H,31,33). The number of hydrogen-bond donors (Lipinski definition) is 4. The Morgan fingerprint density at radius 2 is 1.91 bits per heavy atom. The van der Waals surface area contributed by atoms with Crippen LogP contribution in [0.25, 0.3) is 21.7 Å². The molecule has 166 valence electrons. The second-order valence-corrected chi connectivity index (χ2v) is 9.36. The van der Waals surface area contributed by atoms with Crippen LogP contribution in [0.5, 0.6) is 0 Å². The third-order valence-electron chi connectivity index (χ3n) is 7.34. The summed E-state index contributed by atoms with van der Waals surface area (Å²) in [7, 11) is 0. The monoisotopic (exact) mass is 437 g/mol. The van der Waals surface area contributed by atoms with Gasteiger partial charge in [0.25, 0.3) is 5.91 Å². The van der Waals surface area contributed by atoms with Crippen LogP contribution >= 0.6 is 0 Å². The van der Waals surface area contributed by atoms with E-state index >= 15 is 0 Å². The number of amides is 1. The van der Waals surface area contributed by atoms with E-state index in [-0.39, 0.29) is 17.8 Å². The Bertz CT molecular complexity index is 1400. The van der Waals surface area contributed by atoms with Gasteiger partial charge in [-0.2, -0.15) is 0 Å². The summed E-state index contributed by atoms with van der Waals surface area (Å²) in [5.74, 6) is 0.503. The van der Waals surface area contributed by atoms with Crippen molar-refractivity contribution in [3.63, 3.8) is 0 Å². The molecule has 1 aliphatic carbocycles. The first-order valence-corrected chi connectivity index (χ1v) is 11.6. The summed E-state index contributed by atoms with van der Waals surface area (Å²) in [4.78, 5) is 13.5. The van der Waals surface area contributed by atoms with Gasteiger partial charge in [-0.3, -0.25) is 10.2 Å². The van der Waals surface area contributed by atoms with Gasteiger partial charge in [-0.15, -0.1) is 0 Å². The molecule has 3 aromatic carbocycles.